The second kappa shape index (κ2) is 4.16. The van der Waals surface area contributed by atoms with Gasteiger partial charge in [-0.15, -0.1) is 0 Å². The highest BCUT2D eigenvalue weighted by Crippen LogP contribution is 2.34. The van der Waals surface area contributed by atoms with E-state index >= 15 is 0 Å². The molecule has 2 heterocycles. The molecule has 0 aromatic carbocycles. The van der Waals surface area contributed by atoms with Crippen molar-refractivity contribution in [2.24, 2.45) is 5.90 Å². The predicted molar refractivity (Wildman–Crippen MR) is 50.6 cm³/mol. The van der Waals surface area contributed by atoms with Crippen molar-refractivity contribution in [3.05, 3.63) is 0 Å². The minimum absolute atomic E-state index is 0.0579. The van der Waals surface area contributed by atoms with Gasteiger partial charge in [-0.2, -0.15) is 0 Å². The van der Waals surface area contributed by atoms with Crippen molar-refractivity contribution < 1.29 is 19.1 Å². The molecule has 6 heteroatoms. The van der Waals surface area contributed by atoms with Gasteiger partial charge in [-0.3, -0.25) is 9.63 Å². The SMILES string of the molecule is CC(=O)S[C@H]1CO[C@H]2[C@@H]1OC[C@H]2ON. The standard InChI is InChI=1S/C8H13NO4S/c1-4(10)14-6-3-12-7-5(13-9)2-11-8(6)7/h5-8H,2-3,9H2,1H3/t5-,6+,7-,8-/m1/s1. The molecule has 0 spiro atoms. The molecule has 0 unspecified atom stereocenters. The zero-order chi connectivity index (χ0) is 10.1. The smallest absolute Gasteiger partial charge is 0.186 e. The van der Waals surface area contributed by atoms with Gasteiger partial charge in [-0.25, -0.2) is 5.90 Å². The summed E-state index contributed by atoms with van der Waals surface area (Å²) in [5, 5.41) is 0.164. The third kappa shape index (κ3) is 1.80. The van der Waals surface area contributed by atoms with Gasteiger partial charge in [-0.1, -0.05) is 11.8 Å². The number of thioether (sulfide) groups is 1. The zero-order valence-corrected chi connectivity index (χ0v) is 8.66. The molecule has 0 aliphatic carbocycles. The van der Waals surface area contributed by atoms with Crippen molar-refractivity contribution in [1.29, 1.82) is 0 Å². The van der Waals surface area contributed by atoms with Crippen LogP contribution in [0.2, 0.25) is 0 Å². The van der Waals surface area contributed by atoms with Crippen molar-refractivity contribution in [3.63, 3.8) is 0 Å². The van der Waals surface area contributed by atoms with Gasteiger partial charge in [0.15, 0.2) is 5.12 Å². The molecule has 4 atom stereocenters. The summed E-state index contributed by atoms with van der Waals surface area (Å²) in [6.07, 6.45) is -0.369. The van der Waals surface area contributed by atoms with E-state index in [2.05, 4.69) is 0 Å². The molecular formula is C8H13NO4S. The predicted octanol–water partition coefficient (Wildman–Crippen LogP) is -0.309. The first-order valence-electron chi connectivity index (χ1n) is 4.48. The number of carbonyl (C=O) groups is 1. The largest absolute Gasteiger partial charge is 0.371 e. The topological polar surface area (TPSA) is 70.8 Å². The summed E-state index contributed by atoms with van der Waals surface area (Å²) in [4.78, 5) is 15.7. The van der Waals surface area contributed by atoms with E-state index in [1.807, 2.05) is 0 Å². The normalized spacial score (nSPS) is 41.3. The van der Waals surface area contributed by atoms with Crippen LogP contribution in [0.4, 0.5) is 0 Å². The van der Waals surface area contributed by atoms with Gasteiger partial charge in [0.25, 0.3) is 0 Å². The van der Waals surface area contributed by atoms with Crippen LogP contribution in [0.15, 0.2) is 0 Å². The molecule has 0 aromatic heterocycles. The van der Waals surface area contributed by atoms with Gasteiger partial charge >= 0.3 is 0 Å². The van der Waals surface area contributed by atoms with Gasteiger partial charge in [0.1, 0.15) is 18.3 Å². The second-order valence-corrected chi connectivity index (χ2v) is 4.83. The highest BCUT2D eigenvalue weighted by molar-refractivity contribution is 8.14. The summed E-state index contributed by atoms with van der Waals surface area (Å²) in [6.45, 7) is 2.52. The van der Waals surface area contributed by atoms with E-state index < -0.39 is 0 Å². The fourth-order valence-electron chi connectivity index (χ4n) is 1.86. The molecule has 2 aliphatic rings. The van der Waals surface area contributed by atoms with Crippen LogP contribution in [0.5, 0.6) is 0 Å². The van der Waals surface area contributed by atoms with E-state index in [0.717, 1.165) is 0 Å². The van der Waals surface area contributed by atoms with Crippen LogP contribution >= 0.6 is 11.8 Å². The first-order chi connectivity index (χ1) is 6.72. The Morgan fingerprint density at radius 2 is 2.14 bits per heavy atom. The lowest BCUT2D eigenvalue weighted by Gasteiger charge is -2.13. The monoisotopic (exact) mass is 219 g/mol. The number of rotatable bonds is 2. The Morgan fingerprint density at radius 1 is 1.43 bits per heavy atom. The Hall–Kier alpha value is -0.140. The van der Waals surface area contributed by atoms with Crippen LogP contribution in [0, 0.1) is 0 Å². The maximum atomic E-state index is 10.9. The Bertz CT molecular complexity index is 237. The molecule has 0 aromatic rings. The summed E-state index contributed by atoms with van der Waals surface area (Å²) in [5.74, 6) is 5.10. The number of ether oxygens (including phenoxy) is 2. The minimum Gasteiger partial charge on any atom is -0.371 e. The molecule has 2 rings (SSSR count). The fourth-order valence-corrected chi connectivity index (χ4v) is 2.80. The lowest BCUT2D eigenvalue weighted by Crippen LogP contribution is -2.33. The molecular weight excluding hydrogens is 206 g/mol. The van der Waals surface area contributed by atoms with Crippen LogP contribution in [-0.4, -0.2) is 41.9 Å². The van der Waals surface area contributed by atoms with Crippen LogP contribution in [-0.2, 0) is 19.1 Å². The van der Waals surface area contributed by atoms with E-state index in [9.17, 15) is 4.79 Å². The second-order valence-electron chi connectivity index (χ2n) is 3.42. The molecule has 0 bridgehead atoms. The van der Waals surface area contributed by atoms with E-state index in [0.29, 0.717) is 13.2 Å². The summed E-state index contributed by atoms with van der Waals surface area (Å²) in [7, 11) is 0. The zero-order valence-electron chi connectivity index (χ0n) is 7.84. The van der Waals surface area contributed by atoms with Crippen LogP contribution < -0.4 is 5.90 Å². The molecule has 14 heavy (non-hydrogen) atoms. The Labute approximate surface area is 86.2 Å². The first-order valence-corrected chi connectivity index (χ1v) is 5.36. The molecule has 2 aliphatic heterocycles. The molecule has 2 fully saturated rings. The maximum absolute atomic E-state index is 10.9. The first kappa shape index (κ1) is 10.4. The number of carbonyl (C=O) groups excluding carboxylic acids is 1. The van der Waals surface area contributed by atoms with Gasteiger partial charge in [0.05, 0.1) is 18.5 Å². The number of hydrogen-bond acceptors (Lipinski definition) is 6. The number of nitrogens with two attached hydrogens (primary N) is 1. The average molecular weight is 219 g/mol. The highest BCUT2D eigenvalue weighted by atomic mass is 32.2. The lowest BCUT2D eigenvalue weighted by molar-refractivity contribution is -0.109. The van der Waals surface area contributed by atoms with Crippen LogP contribution in [0.25, 0.3) is 0 Å². The molecule has 0 saturated carbocycles. The quantitative estimate of drug-likeness (QED) is 0.642. The summed E-state index contributed by atoms with van der Waals surface area (Å²) in [5.41, 5.74) is 0. The number of fused-ring (bicyclic) bond motifs is 1. The summed E-state index contributed by atoms with van der Waals surface area (Å²) in [6, 6.07) is 0. The minimum atomic E-state index is -0.197. The fraction of sp³-hybridized carbons (Fsp3) is 0.875. The van der Waals surface area contributed by atoms with E-state index in [-0.39, 0.29) is 28.7 Å². The Balaban J connectivity index is 1.97. The molecule has 0 amide bonds. The van der Waals surface area contributed by atoms with Crippen molar-refractivity contribution in [2.75, 3.05) is 13.2 Å². The van der Waals surface area contributed by atoms with Crippen molar-refractivity contribution >= 4 is 16.9 Å². The summed E-state index contributed by atoms with van der Waals surface area (Å²) >= 11 is 1.27. The van der Waals surface area contributed by atoms with Gasteiger partial charge in [-0.05, 0) is 0 Å². The molecule has 2 N–H and O–H groups in total. The lowest BCUT2D eigenvalue weighted by atomic mass is 10.1. The van der Waals surface area contributed by atoms with E-state index in [1.165, 1.54) is 11.8 Å². The summed E-state index contributed by atoms with van der Waals surface area (Å²) < 4.78 is 11.0. The van der Waals surface area contributed by atoms with Gasteiger partial charge in [0.2, 0.25) is 0 Å². The van der Waals surface area contributed by atoms with Crippen LogP contribution in [0.3, 0.4) is 0 Å². The van der Waals surface area contributed by atoms with Crippen molar-refractivity contribution in [3.8, 4) is 0 Å². The Kier molecular flexibility index (Phi) is 3.08. The highest BCUT2D eigenvalue weighted by Gasteiger charge is 2.48. The third-order valence-corrected chi connectivity index (χ3v) is 3.49. The van der Waals surface area contributed by atoms with E-state index in [1.54, 1.807) is 6.92 Å². The van der Waals surface area contributed by atoms with Crippen LogP contribution in [0.1, 0.15) is 6.92 Å². The molecule has 80 valence electrons. The Morgan fingerprint density at radius 3 is 2.79 bits per heavy atom. The molecule has 0 radical (unpaired) electrons. The van der Waals surface area contributed by atoms with E-state index in [4.69, 9.17) is 20.2 Å². The average Bonchev–Trinajstić information content (AvgIpc) is 2.67. The van der Waals surface area contributed by atoms with Crippen molar-refractivity contribution in [1.82, 2.24) is 0 Å². The van der Waals surface area contributed by atoms with Gasteiger partial charge < -0.3 is 9.47 Å². The third-order valence-electron chi connectivity index (χ3n) is 2.45. The van der Waals surface area contributed by atoms with Crippen molar-refractivity contribution in [2.45, 2.75) is 30.5 Å². The van der Waals surface area contributed by atoms with Gasteiger partial charge in [0, 0.05) is 6.92 Å². The maximum Gasteiger partial charge on any atom is 0.186 e. The molecule has 5 nitrogen and oxygen atoms in total. The number of hydrogen-bond donors (Lipinski definition) is 1. The molecule has 2 saturated heterocycles.